The minimum Gasteiger partial charge on any atom is -0.466 e. The third-order valence-electron chi connectivity index (χ3n) is 3.86. The first-order chi connectivity index (χ1) is 10.6. The van der Waals surface area contributed by atoms with Gasteiger partial charge in [0, 0.05) is 0 Å². The maximum atomic E-state index is 11.5. The number of rotatable bonds is 14. The molecule has 0 aromatic heterocycles. The summed E-state index contributed by atoms with van der Waals surface area (Å²) in [5.41, 5.74) is 0. The molecule has 0 bridgehead atoms. The molecule has 0 N–H and O–H groups in total. The SMILES string of the molecule is CCCCCCCCOC(=O)CCC(=O)OCCC(C)CC. The van der Waals surface area contributed by atoms with Crippen LogP contribution in [0.3, 0.4) is 0 Å². The van der Waals surface area contributed by atoms with Crippen molar-refractivity contribution >= 4 is 11.9 Å². The molecule has 0 fully saturated rings. The first kappa shape index (κ1) is 20.9. The average Bonchev–Trinajstić information content (AvgIpc) is 2.51. The highest BCUT2D eigenvalue weighted by molar-refractivity contribution is 5.77. The number of unbranched alkanes of at least 4 members (excludes halogenated alkanes) is 5. The summed E-state index contributed by atoms with van der Waals surface area (Å²) in [6, 6.07) is 0. The van der Waals surface area contributed by atoms with Crippen LogP contribution in [-0.2, 0) is 19.1 Å². The molecule has 130 valence electrons. The van der Waals surface area contributed by atoms with Crippen molar-refractivity contribution in [1.82, 2.24) is 0 Å². The Morgan fingerprint density at radius 2 is 1.36 bits per heavy atom. The zero-order valence-corrected chi connectivity index (χ0v) is 14.7. The van der Waals surface area contributed by atoms with Gasteiger partial charge in [0.2, 0.25) is 0 Å². The van der Waals surface area contributed by atoms with Crippen LogP contribution in [0.2, 0.25) is 0 Å². The van der Waals surface area contributed by atoms with Crippen LogP contribution in [0.5, 0.6) is 0 Å². The van der Waals surface area contributed by atoms with E-state index in [1.165, 1.54) is 25.7 Å². The topological polar surface area (TPSA) is 52.6 Å². The maximum Gasteiger partial charge on any atom is 0.306 e. The predicted octanol–water partition coefficient (Wildman–Crippen LogP) is 4.65. The second-order valence-electron chi connectivity index (χ2n) is 6.01. The van der Waals surface area contributed by atoms with Gasteiger partial charge in [-0.15, -0.1) is 0 Å². The van der Waals surface area contributed by atoms with Crippen molar-refractivity contribution in [3.8, 4) is 0 Å². The molecule has 0 rings (SSSR count). The molecule has 4 heteroatoms. The van der Waals surface area contributed by atoms with Crippen LogP contribution >= 0.6 is 0 Å². The quantitative estimate of drug-likeness (QED) is 0.346. The van der Waals surface area contributed by atoms with Crippen molar-refractivity contribution in [2.45, 2.75) is 85.0 Å². The van der Waals surface area contributed by atoms with Crippen molar-refractivity contribution in [1.29, 1.82) is 0 Å². The summed E-state index contributed by atoms with van der Waals surface area (Å²) in [4.78, 5) is 22.9. The van der Waals surface area contributed by atoms with Gasteiger partial charge >= 0.3 is 11.9 Å². The summed E-state index contributed by atoms with van der Waals surface area (Å²) in [5, 5.41) is 0. The number of carbonyl (C=O) groups is 2. The Kier molecular flexibility index (Phi) is 14.1. The summed E-state index contributed by atoms with van der Waals surface area (Å²) < 4.78 is 10.2. The first-order valence-electron chi connectivity index (χ1n) is 8.91. The van der Waals surface area contributed by atoms with Crippen LogP contribution in [0.1, 0.15) is 85.0 Å². The lowest BCUT2D eigenvalue weighted by atomic mass is 10.1. The van der Waals surface area contributed by atoms with E-state index in [4.69, 9.17) is 9.47 Å². The van der Waals surface area contributed by atoms with E-state index in [0.717, 1.165) is 25.7 Å². The highest BCUT2D eigenvalue weighted by atomic mass is 16.5. The van der Waals surface area contributed by atoms with Crippen LogP contribution in [0.4, 0.5) is 0 Å². The van der Waals surface area contributed by atoms with Crippen molar-refractivity contribution in [2.75, 3.05) is 13.2 Å². The second-order valence-corrected chi connectivity index (χ2v) is 6.01. The number of ether oxygens (including phenoxy) is 2. The van der Waals surface area contributed by atoms with Crippen LogP contribution in [0, 0.1) is 5.92 Å². The maximum absolute atomic E-state index is 11.5. The number of hydrogen-bond donors (Lipinski definition) is 0. The summed E-state index contributed by atoms with van der Waals surface area (Å²) in [7, 11) is 0. The molecule has 0 amide bonds. The molecule has 0 saturated carbocycles. The lowest BCUT2D eigenvalue weighted by Gasteiger charge is -2.09. The molecule has 1 unspecified atom stereocenters. The lowest BCUT2D eigenvalue weighted by Crippen LogP contribution is -2.12. The molecule has 1 atom stereocenters. The Morgan fingerprint density at radius 3 is 1.95 bits per heavy atom. The zero-order chi connectivity index (χ0) is 16.6. The Morgan fingerprint density at radius 1 is 0.818 bits per heavy atom. The van der Waals surface area contributed by atoms with Gasteiger partial charge in [0.1, 0.15) is 0 Å². The van der Waals surface area contributed by atoms with Gasteiger partial charge in [-0.1, -0.05) is 59.3 Å². The molecule has 0 aromatic carbocycles. The molecule has 4 nitrogen and oxygen atoms in total. The zero-order valence-electron chi connectivity index (χ0n) is 14.7. The van der Waals surface area contributed by atoms with Gasteiger partial charge in [0.25, 0.3) is 0 Å². The summed E-state index contributed by atoms with van der Waals surface area (Å²) >= 11 is 0. The van der Waals surface area contributed by atoms with E-state index in [9.17, 15) is 9.59 Å². The van der Waals surface area contributed by atoms with Crippen LogP contribution in [-0.4, -0.2) is 25.2 Å². The standard InChI is InChI=1S/C18H34O4/c1-4-6-7-8-9-10-14-21-17(19)11-12-18(20)22-15-13-16(3)5-2/h16H,4-15H2,1-3H3. The normalized spacial score (nSPS) is 12.0. The molecule has 0 aromatic rings. The number of esters is 2. The van der Waals surface area contributed by atoms with Crippen LogP contribution in [0.25, 0.3) is 0 Å². The van der Waals surface area contributed by atoms with Crippen molar-refractivity contribution in [3.63, 3.8) is 0 Å². The largest absolute Gasteiger partial charge is 0.466 e. The molecule has 0 radical (unpaired) electrons. The van der Waals surface area contributed by atoms with Crippen molar-refractivity contribution < 1.29 is 19.1 Å². The fourth-order valence-electron chi connectivity index (χ4n) is 1.99. The van der Waals surface area contributed by atoms with E-state index < -0.39 is 0 Å². The Hall–Kier alpha value is -1.06. The Bertz CT molecular complexity index is 289. The third-order valence-corrected chi connectivity index (χ3v) is 3.86. The van der Waals surface area contributed by atoms with E-state index in [2.05, 4.69) is 20.8 Å². The minimum atomic E-state index is -0.306. The van der Waals surface area contributed by atoms with E-state index in [0.29, 0.717) is 19.1 Å². The fourth-order valence-corrected chi connectivity index (χ4v) is 1.99. The molecule has 0 spiro atoms. The number of hydrogen-bond acceptors (Lipinski definition) is 4. The summed E-state index contributed by atoms with van der Waals surface area (Å²) in [6.07, 6.45) is 9.20. The smallest absolute Gasteiger partial charge is 0.306 e. The Balaban J connectivity index is 3.42. The summed E-state index contributed by atoms with van der Waals surface area (Å²) in [6.45, 7) is 7.35. The van der Waals surface area contributed by atoms with Crippen LogP contribution < -0.4 is 0 Å². The van der Waals surface area contributed by atoms with Gasteiger partial charge in [-0.2, -0.15) is 0 Å². The molecule has 0 saturated heterocycles. The van der Waals surface area contributed by atoms with Gasteiger partial charge in [0.15, 0.2) is 0 Å². The van der Waals surface area contributed by atoms with E-state index in [1.54, 1.807) is 0 Å². The predicted molar refractivity (Wildman–Crippen MR) is 88.6 cm³/mol. The van der Waals surface area contributed by atoms with E-state index >= 15 is 0 Å². The average molecular weight is 314 g/mol. The first-order valence-corrected chi connectivity index (χ1v) is 8.91. The van der Waals surface area contributed by atoms with E-state index in [1.807, 2.05) is 0 Å². The van der Waals surface area contributed by atoms with Gasteiger partial charge < -0.3 is 9.47 Å². The minimum absolute atomic E-state index is 0.121. The summed E-state index contributed by atoms with van der Waals surface area (Å²) in [5.74, 6) is -0.0395. The van der Waals surface area contributed by atoms with Crippen molar-refractivity contribution in [2.24, 2.45) is 5.92 Å². The van der Waals surface area contributed by atoms with Crippen molar-refractivity contribution in [3.05, 3.63) is 0 Å². The van der Waals surface area contributed by atoms with Crippen LogP contribution in [0.15, 0.2) is 0 Å². The molecular formula is C18H34O4. The van der Waals surface area contributed by atoms with E-state index in [-0.39, 0.29) is 24.8 Å². The molecular weight excluding hydrogens is 280 g/mol. The second kappa shape index (κ2) is 14.9. The highest BCUT2D eigenvalue weighted by Gasteiger charge is 2.09. The molecule has 0 aliphatic rings. The Labute approximate surface area is 135 Å². The molecule has 0 aliphatic carbocycles. The van der Waals surface area contributed by atoms with Gasteiger partial charge in [-0.3, -0.25) is 9.59 Å². The van der Waals surface area contributed by atoms with Gasteiger partial charge in [-0.25, -0.2) is 0 Å². The lowest BCUT2D eigenvalue weighted by molar-refractivity contribution is -0.150. The molecule has 0 heterocycles. The highest BCUT2D eigenvalue weighted by Crippen LogP contribution is 2.07. The van der Waals surface area contributed by atoms with Gasteiger partial charge in [-0.05, 0) is 18.8 Å². The molecule has 0 aliphatic heterocycles. The van der Waals surface area contributed by atoms with Gasteiger partial charge in [0.05, 0.1) is 26.1 Å². The number of carbonyl (C=O) groups excluding carboxylic acids is 2. The third kappa shape index (κ3) is 13.9. The monoisotopic (exact) mass is 314 g/mol. The molecule has 22 heavy (non-hydrogen) atoms. The fraction of sp³-hybridized carbons (Fsp3) is 0.889.